The zero-order valence-corrected chi connectivity index (χ0v) is 14.8. The molecular formula is C20H19NO6. The van der Waals surface area contributed by atoms with Gasteiger partial charge in [0.05, 0.1) is 7.11 Å². The second-order valence-corrected chi connectivity index (χ2v) is 5.97. The van der Waals surface area contributed by atoms with E-state index in [-0.39, 0.29) is 24.9 Å². The van der Waals surface area contributed by atoms with Crippen LogP contribution >= 0.6 is 0 Å². The van der Waals surface area contributed by atoms with Gasteiger partial charge < -0.3 is 19.5 Å². The van der Waals surface area contributed by atoms with Crippen molar-refractivity contribution < 1.29 is 28.6 Å². The molecule has 0 radical (unpaired) electrons. The Morgan fingerprint density at radius 2 is 1.74 bits per heavy atom. The molecule has 0 fully saturated rings. The summed E-state index contributed by atoms with van der Waals surface area (Å²) in [7, 11) is 1.56. The molecular weight excluding hydrogens is 350 g/mol. The van der Waals surface area contributed by atoms with E-state index in [1.807, 2.05) is 0 Å². The summed E-state index contributed by atoms with van der Waals surface area (Å²) in [6.45, 7) is -0.661. The maximum Gasteiger partial charge on any atom is 0.344 e. The lowest BCUT2D eigenvalue weighted by molar-refractivity contribution is -0.144. The minimum Gasteiger partial charge on any atom is -0.497 e. The largest absolute Gasteiger partial charge is 0.497 e. The molecule has 0 aromatic heterocycles. The third-order valence-electron chi connectivity index (χ3n) is 4.10. The number of ether oxygens (including phenoxy) is 3. The average molecular weight is 369 g/mol. The number of esters is 1. The number of nitrogens with one attached hydrogen (secondary N) is 1. The molecule has 0 unspecified atom stereocenters. The monoisotopic (exact) mass is 369 g/mol. The Labute approximate surface area is 156 Å². The first-order chi connectivity index (χ1) is 13.0. The Morgan fingerprint density at radius 1 is 1.00 bits per heavy atom. The van der Waals surface area contributed by atoms with Crippen LogP contribution in [0.4, 0.5) is 5.69 Å². The summed E-state index contributed by atoms with van der Waals surface area (Å²) < 4.78 is 15.3. The van der Waals surface area contributed by atoms with Crippen LogP contribution in [0.5, 0.6) is 11.5 Å². The van der Waals surface area contributed by atoms with E-state index in [0.717, 1.165) is 5.56 Å². The number of aryl methyl sites for hydroxylation is 1. The molecule has 0 saturated carbocycles. The van der Waals surface area contributed by atoms with Crippen LogP contribution < -0.4 is 14.8 Å². The van der Waals surface area contributed by atoms with Gasteiger partial charge in [-0.25, -0.2) is 4.79 Å². The number of carbonyl (C=O) groups is 3. The molecule has 1 aliphatic rings. The van der Waals surface area contributed by atoms with Gasteiger partial charge in [-0.05, 0) is 54.4 Å². The number of hydrogen-bond acceptors (Lipinski definition) is 6. The summed E-state index contributed by atoms with van der Waals surface area (Å²) in [5.41, 5.74) is 2.05. The van der Waals surface area contributed by atoms with Crippen LogP contribution in [-0.4, -0.2) is 38.0 Å². The van der Waals surface area contributed by atoms with E-state index in [2.05, 4.69) is 5.32 Å². The SMILES string of the molecule is COc1ccc(OCC(=O)OCC(=O)c2ccc3c(c2)CCC(=O)N3)cc1. The summed E-state index contributed by atoms with van der Waals surface area (Å²) in [6.07, 6.45) is 0.972. The van der Waals surface area contributed by atoms with Gasteiger partial charge in [-0.15, -0.1) is 0 Å². The molecule has 1 heterocycles. The molecule has 1 aliphatic heterocycles. The maximum absolute atomic E-state index is 12.2. The fourth-order valence-electron chi connectivity index (χ4n) is 2.64. The number of fused-ring (bicyclic) bond motifs is 1. The van der Waals surface area contributed by atoms with Crippen molar-refractivity contribution in [1.29, 1.82) is 0 Å². The van der Waals surface area contributed by atoms with Crippen molar-refractivity contribution in [3.63, 3.8) is 0 Å². The molecule has 2 aromatic carbocycles. The number of carbonyl (C=O) groups excluding carboxylic acids is 3. The number of methoxy groups -OCH3 is 1. The lowest BCUT2D eigenvalue weighted by Gasteiger charge is -2.17. The van der Waals surface area contributed by atoms with E-state index >= 15 is 0 Å². The van der Waals surface area contributed by atoms with Crippen molar-refractivity contribution in [1.82, 2.24) is 0 Å². The number of benzene rings is 2. The molecule has 0 bridgehead atoms. The molecule has 140 valence electrons. The Kier molecular flexibility index (Phi) is 5.71. The summed E-state index contributed by atoms with van der Waals surface area (Å²) in [5.74, 6) is 0.195. The second-order valence-electron chi connectivity index (χ2n) is 5.97. The molecule has 3 rings (SSSR count). The molecule has 1 N–H and O–H groups in total. The van der Waals surface area contributed by atoms with E-state index in [9.17, 15) is 14.4 Å². The highest BCUT2D eigenvalue weighted by molar-refractivity contribution is 6.00. The number of Topliss-reactive ketones (excluding diaryl/α,β-unsaturated/α-hetero) is 1. The van der Waals surface area contributed by atoms with Crippen molar-refractivity contribution in [2.24, 2.45) is 0 Å². The van der Waals surface area contributed by atoms with Crippen LogP contribution in [0.25, 0.3) is 0 Å². The standard InChI is InChI=1S/C20H19NO6/c1-25-15-4-6-16(7-5-15)26-12-20(24)27-11-18(22)14-2-8-17-13(10-14)3-9-19(23)21-17/h2,4-8,10H,3,9,11-12H2,1H3,(H,21,23). The number of amides is 1. The molecule has 2 aromatic rings. The first-order valence-corrected chi connectivity index (χ1v) is 8.43. The highest BCUT2D eigenvalue weighted by Gasteiger charge is 2.17. The van der Waals surface area contributed by atoms with Crippen molar-refractivity contribution in [3.05, 3.63) is 53.6 Å². The smallest absolute Gasteiger partial charge is 0.344 e. The van der Waals surface area contributed by atoms with Gasteiger partial charge in [0.1, 0.15) is 11.5 Å². The van der Waals surface area contributed by atoms with Crippen LogP contribution in [0.15, 0.2) is 42.5 Å². The van der Waals surface area contributed by atoms with Gasteiger partial charge in [-0.3, -0.25) is 9.59 Å². The molecule has 27 heavy (non-hydrogen) atoms. The Hall–Kier alpha value is -3.35. The normalized spacial score (nSPS) is 12.6. The van der Waals surface area contributed by atoms with Gasteiger partial charge in [-0.1, -0.05) is 0 Å². The maximum atomic E-state index is 12.2. The van der Waals surface area contributed by atoms with E-state index in [4.69, 9.17) is 14.2 Å². The van der Waals surface area contributed by atoms with Crippen LogP contribution in [-0.2, 0) is 20.7 Å². The lowest BCUT2D eigenvalue weighted by atomic mass is 9.99. The van der Waals surface area contributed by atoms with Crippen LogP contribution in [0.3, 0.4) is 0 Å². The van der Waals surface area contributed by atoms with Crippen molar-refractivity contribution in [2.45, 2.75) is 12.8 Å². The van der Waals surface area contributed by atoms with Gasteiger partial charge in [-0.2, -0.15) is 0 Å². The summed E-state index contributed by atoms with van der Waals surface area (Å²) in [6, 6.07) is 11.8. The second kappa shape index (κ2) is 8.35. The fraction of sp³-hybridized carbons (Fsp3) is 0.250. The van der Waals surface area contributed by atoms with Gasteiger partial charge in [0.15, 0.2) is 19.0 Å². The zero-order valence-electron chi connectivity index (χ0n) is 14.8. The minimum absolute atomic E-state index is 0.0348. The Morgan fingerprint density at radius 3 is 2.48 bits per heavy atom. The molecule has 7 nitrogen and oxygen atoms in total. The number of anilines is 1. The van der Waals surface area contributed by atoms with Gasteiger partial charge in [0, 0.05) is 17.7 Å². The minimum atomic E-state index is -0.635. The Bertz CT molecular complexity index is 859. The highest BCUT2D eigenvalue weighted by atomic mass is 16.6. The summed E-state index contributed by atoms with van der Waals surface area (Å²) in [5, 5.41) is 2.76. The molecule has 0 spiro atoms. The van der Waals surface area contributed by atoms with Crippen molar-refractivity contribution >= 4 is 23.3 Å². The number of rotatable bonds is 7. The van der Waals surface area contributed by atoms with Crippen LogP contribution in [0.1, 0.15) is 22.3 Å². The summed E-state index contributed by atoms with van der Waals surface area (Å²) in [4.78, 5) is 35.4. The third-order valence-corrected chi connectivity index (χ3v) is 4.10. The zero-order chi connectivity index (χ0) is 19.2. The van der Waals surface area contributed by atoms with E-state index in [1.165, 1.54) is 0 Å². The predicted molar refractivity (Wildman–Crippen MR) is 97.2 cm³/mol. The van der Waals surface area contributed by atoms with Crippen LogP contribution in [0, 0.1) is 0 Å². The fourth-order valence-corrected chi connectivity index (χ4v) is 2.64. The number of hydrogen-bond donors (Lipinski definition) is 1. The van der Waals surface area contributed by atoms with Crippen LogP contribution in [0.2, 0.25) is 0 Å². The molecule has 0 atom stereocenters. The molecule has 0 aliphatic carbocycles. The average Bonchev–Trinajstić information content (AvgIpc) is 2.70. The lowest BCUT2D eigenvalue weighted by Crippen LogP contribution is -2.21. The molecule has 0 saturated heterocycles. The first-order valence-electron chi connectivity index (χ1n) is 8.43. The van der Waals surface area contributed by atoms with Gasteiger partial charge >= 0.3 is 5.97 Å². The first kappa shape index (κ1) is 18.4. The summed E-state index contributed by atoms with van der Waals surface area (Å²) >= 11 is 0. The highest BCUT2D eigenvalue weighted by Crippen LogP contribution is 2.23. The number of ketones is 1. The topological polar surface area (TPSA) is 90.9 Å². The molecule has 1 amide bonds. The Balaban J connectivity index is 1.48. The molecule has 7 heteroatoms. The van der Waals surface area contributed by atoms with E-state index < -0.39 is 5.97 Å². The van der Waals surface area contributed by atoms with E-state index in [0.29, 0.717) is 35.6 Å². The predicted octanol–water partition coefficient (Wildman–Crippen LogP) is 2.38. The van der Waals surface area contributed by atoms with Gasteiger partial charge in [0.25, 0.3) is 0 Å². The van der Waals surface area contributed by atoms with Crippen molar-refractivity contribution in [2.75, 3.05) is 25.6 Å². The van der Waals surface area contributed by atoms with Gasteiger partial charge in [0.2, 0.25) is 5.91 Å². The van der Waals surface area contributed by atoms with Crippen molar-refractivity contribution in [3.8, 4) is 11.5 Å². The third kappa shape index (κ3) is 4.84. The van der Waals surface area contributed by atoms with E-state index in [1.54, 1.807) is 49.6 Å². The quantitative estimate of drug-likeness (QED) is 0.595.